The molecule has 236 valence electrons. The molecular formula is C36H46N2O6. The zero-order valence-corrected chi connectivity index (χ0v) is 27.0. The van der Waals surface area contributed by atoms with Gasteiger partial charge in [-0.25, -0.2) is 14.5 Å². The minimum atomic E-state index is -1.19. The van der Waals surface area contributed by atoms with Gasteiger partial charge in [0.2, 0.25) is 11.8 Å². The Kier molecular flexibility index (Phi) is 12.1. The number of hydrogen-bond acceptors (Lipinski definition) is 6. The first kappa shape index (κ1) is 34.3. The van der Waals surface area contributed by atoms with E-state index in [0.717, 1.165) is 26.8 Å². The van der Waals surface area contributed by atoms with Crippen LogP contribution in [-0.2, 0) is 36.9 Å². The van der Waals surface area contributed by atoms with Gasteiger partial charge in [0.25, 0.3) is 0 Å². The smallest absolute Gasteiger partial charge is 0.417 e. The van der Waals surface area contributed by atoms with Crippen molar-refractivity contribution in [1.82, 2.24) is 10.2 Å². The largest absolute Gasteiger partial charge is 0.459 e. The Morgan fingerprint density at radius 2 is 1.48 bits per heavy atom. The highest BCUT2D eigenvalue weighted by Crippen LogP contribution is 2.23. The summed E-state index contributed by atoms with van der Waals surface area (Å²) in [5, 5.41) is 4.87. The molecule has 3 aromatic carbocycles. The molecule has 44 heavy (non-hydrogen) atoms. The number of fused-ring (bicyclic) bond motifs is 1. The van der Waals surface area contributed by atoms with E-state index in [1.807, 2.05) is 86.6 Å². The minimum Gasteiger partial charge on any atom is -0.459 e. The lowest BCUT2D eigenvalue weighted by molar-refractivity contribution is -0.151. The predicted molar refractivity (Wildman–Crippen MR) is 172 cm³/mol. The van der Waals surface area contributed by atoms with Crippen LogP contribution in [0.15, 0.2) is 72.8 Å². The second kappa shape index (κ2) is 15.5. The quantitative estimate of drug-likeness (QED) is 0.228. The number of amides is 3. The van der Waals surface area contributed by atoms with Crippen molar-refractivity contribution in [2.24, 2.45) is 11.8 Å². The van der Waals surface area contributed by atoms with Crippen molar-refractivity contribution in [3.05, 3.63) is 83.9 Å². The number of benzene rings is 3. The van der Waals surface area contributed by atoms with Crippen molar-refractivity contribution in [1.29, 1.82) is 0 Å². The molecule has 0 saturated carbocycles. The van der Waals surface area contributed by atoms with Crippen LogP contribution in [0.5, 0.6) is 0 Å². The zero-order valence-electron chi connectivity index (χ0n) is 27.0. The molecule has 0 bridgehead atoms. The Morgan fingerprint density at radius 1 is 0.841 bits per heavy atom. The van der Waals surface area contributed by atoms with Crippen LogP contribution in [0.2, 0.25) is 0 Å². The number of rotatable bonds is 12. The molecule has 0 spiro atoms. The second-order valence-electron chi connectivity index (χ2n) is 12.9. The van der Waals surface area contributed by atoms with Gasteiger partial charge in [-0.2, -0.15) is 0 Å². The highest BCUT2D eigenvalue weighted by molar-refractivity contribution is 5.99. The first-order chi connectivity index (χ1) is 20.8. The molecule has 2 unspecified atom stereocenters. The number of hydrogen-bond donors (Lipinski definition) is 1. The SMILES string of the molecule is CC(C)CC(C(=O)NC(C(=O)OCc1ccccc1)C(C)C)N(C(=O)CCc1cccc2ccccc12)C(=O)OC(C)(C)C. The molecule has 0 saturated heterocycles. The predicted octanol–water partition coefficient (Wildman–Crippen LogP) is 6.84. The standard InChI is InChI=1S/C36H46N2O6/c1-24(2)22-30(33(40)37-32(25(3)4)34(41)43-23-26-14-9-8-10-15-26)38(35(42)44-36(5,6)7)31(39)21-20-28-18-13-17-27-16-11-12-19-29(27)28/h8-19,24-25,30,32H,20-23H2,1-7H3,(H,37,40). The summed E-state index contributed by atoms with van der Waals surface area (Å²) in [7, 11) is 0. The first-order valence-electron chi connectivity index (χ1n) is 15.3. The maximum absolute atomic E-state index is 13.9. The Morgan fingerprint density at radius 3 is 2.11 bits per heavy atom. The maximum atomic E-state index is 13.9. The van der Waals surface area contributed by atoms with Crippen LogP contribution >= 0.6 is 0 Å². The summed E-state index contributed by atoms with van der Waals surface area (Å²) in [4.78, 5) is 55.4. The number of aryl methyl sites for hydroxylation is 1. The minimum absolute atomic E-state index is 0.0121. The average Bonchev–Trinajstić information content (AvgIpc) is 2.96. The van der Waals surface area contributed by atoms with Crippen LogP contribution in [0.3, 0.4) is 0 Å². The molecule has 8 nitrogen and oxygen atoms in total. The third kappa shape index (κ3) is 9.93. The van der Waals surface area contributed by atoms with E-state index in [-0.39, 0.29) is 31.3 Å². The maximum Gasteiger partial charge on any atom is 0.417 e. The van der Waals surface area contributed by atoms with E-state index >= 15 is 0 Å². The molecule has 3 amide bonds. The average molecular weight is 603 g/mol. The van der Waals surface area contributed by atoms with Gasteiger partial charge in [-0.05, 0) is 67.3 Å². The molecule has 0 aromatic heterocycles. The molecule has 0 heterocycles. The third-order valence-corrected chi connectivity index (χ3v) is 7.10. The fraction of sp³-hybridized carbons (Fsp3) is 0.444. The van der Waals surface area contributed by atoms with Gasteiger partial charge in [0.05, 0.1) is 0 Å². The van der Waals surface area contributed by atoms with Crippen LogP contribution in [0, 0.1) is 11.8 Å². The highest BCUT2D eigenvalue weighted by Gasteiger charge is 2.39. The number of carbonyl (C=O) groups excluding carboxylic acids is 4. The molecule has 0 aliphatic carbocycles. The molecule has 0 fully saturated rings. The normalized spacial score (nSPS) is 12.9. The van der Waals surface area contributed by atoms with E-state index in [0.29, 0.717) is 6.42 Å². The lowest BCUT2D eigenvalue weighted by atomic mass is 9.98. The van der Waals surface area contributed by atoms with E-state index in [1.165, 1.54) is 0 Å². The molecule has 0 aliphatic heterocycles. The summed E-state index contributed by atoms with van der Waals surface area (Å²) in [6.45, 7) is 12.6. The van der Waals surface area contributed by atoms with Crippen LogP contribution in [0.4, 0.5) is 4.79 Å². The van der Waals surface area contributed by atoms with Crippen LogP contribution in [0.1, 0.15) is 72.4 Å². The highest BCUT2D eigenvalue weighted by atomic mass is 16.6. The van der Waals surface area contributed by atoms with Crippen LogP contribution < -0.4 is 5.32 Å². The number of imide groups is 1. The topological polar surface area (TPSA) is 102 Å². The van der Waals surface area contributed by atoms with E-state index in [2.05, 4.69) is 5.32 Å². The Balaban J connectivity index is 1.87. The van der Waals surface area contributed by atoms with Gasteiger partial charge in [0.1, 0.15) is 24.3 Å². The number of ether oxygens (including phenoxy) is 2. The Labute approximate surface area is 261 Å². The van der Waals surface area contributed by atoms with Crippen LogP contribution in [0.25, 0.3) is 10.8 Å². The molecule has 0 aliphatic rings. The summed E-state index contributed by atoms with van der Waals surface area (Å²) in [6, 6.07) is 20.9. The summed E-state index contributed by atoms with van der Waals surface area (Å²) < 4.78 is 11.2. The summed E-state index contributed by atoms with van der Waals surface area (Å²) in [5.74, 6) is -2.09. The summed E-state index contributed by atoms with van der Waals surface area (Å²) in [5.41, 5.74) is 0.887. The van der Waals surface area contributed by atoms with Crippen molar-refractivity contribution in [3.63, 3.8) is 0 Å². The van der Waals surface area contributed by atoms with E-state index < -0.39 is 41.6 Å². The summed E-state index contributed by atoms with van der Waals surface area (Å²) >= 11 is 0. The zero-order chi connectivity index (χ0) is 32.4. The molecule has 8 heteroatoms. The number of nitrogens with one attached hydrogen (secondary N) is 1. The Bertz CT molecular complexity index is 1420. The third-order valence-electron chi connectivity index (χ3n) is 7.10. The van der Waals surface area contributed by atoms with Crippen molar-refractivity contribution in [3.8, 4) is 0 Å². The van der Waals surface area contributed by atoms with E-state index in [9.17, 15) is 19.2 Å². The van der Waals surface area contributed by atoms with Gasteiger partial charge < -0.3 is 14.8 Å². The van der Waals surface area contributed by atoms with Gasteiger partial charge in [-0.1, -0.05) is 100 Å². The fourth-order valence-electron chi connectivity index (χ4n) is 4.93. The van der Waals surface area contributed by atoms with Gasteiger partial charge in [-0.3, -0.25) is 9.59 Å². The molecule has 1 N–H and O–H groups in total. The number of esters is 1. The van der Waals surface area contributed by atoms with Crippen molar-refractivity contribution in [2.45, 2.75) is 92.0 Å². The van der Waals surface area contributed by atoms with Crippen molar-refractivity contribution in [2.75, 3.05) is 0 Å². The lowest BCUT2D eigenvalue weighted by Gasteiger charge is -2.33. The molecule has 3 aromatic rings. The number of carbonyl (C=O) groups is 4. The van der Waals surface area contributed by atoms with Gasteiger partial charge >= 0.3 is 12.1 Å². The molecular weight excluding hydrogens is 556 g/mol. The second-order valence-corrected chi connectivity index (χ2v) is 12.9. The monoisotopic (exact) mass is 602 g/mol. The number of nitrogens with zero attached hydrogens (tertiary/aromatic N) is 1. The Hall–Kier alpha value is -4.20. The van der Waals surface area contributed by atoms with Gasteiger partial charge in [0.15, 0.2) is 0 Å². The summed E-state index contributed by atoms with van der Waals surface area (Å²) in [6.07, 6.45) is -0.346. The van der Waals surface area contributed by atoms with Crippen molar-refractivity contribution >= 4 is 34.6 Å². The first-order valence-corrected chi connectivity index (χ1v) is 15.3. The fourth-order valence-corrected chi connectivity index (χ4v) is 4.93. The van der Waals surface area contributed by atoms with Gasteiger partial charge in [-0.15, -0.1) is 0 Å². The van der Waals surface area contributed by atoms with E-state index in [4.69, 9.17) is 9.47 Å². The molecule has 0 radical (unpaired) electrons. The van der Waals surface area contributed by atoms with Gasteiger partial charge in [0, 0.05) is 6.42 Å². The molecule has 3 rings (SSSR count). The van der Waals surface area contributed by atoms with Crippen molar-refractivity contribution < 1.29 is 28.7 Å². The van der Waals surface area contributed by atoms with E-state index in [1.54, 1.807) is 34.6 Å². The van der Waals surface area contributed by atoms with Crippen LogP contribution in [-0.4, -0.2) is 46.5 Å². The lowest BCUT2D eigenvalue weighted by Crippen LogP contribution is -2.57. The molecule has 2 atom stereocenters.